The van der Waals surface area contributed by atoms with Gasteiger partial charge in [0.15, 0.2) is 0 Å². The second-order valence-electron chi connectivity index (χ2n) is 2.80. The van der Waals surface area contributed by atoms with E-state index in [0.717, 1.165) is 13.1 Å². The Bertz CT molecular complexity index is 442. The van der Waals surface area contributed by atoms with Gasteiger partial charge in [0.2, 0.25) is 0 Å². The first-order valence-electron chi connectivity index (χ1n) is 4.37. The molecule has 1 heterocycles. The van der Waals surface area contributed by atoms with Crippen molar-refractivity contribution in [2.75, 3.05) is 0 Å². The quantitative estimate of drug-likeness (QED) is 0.743. The molecule has 15 heavy (non-hydrogen) atoms. The number of alkyl halides is 3. The fourth-order valence-corrected chi connectivity index (χ4v) is 0.966. The highest BCUT2D eigenvalue weighted by molar-refractivity contribution is 5.22. The van der Waals surface area contributed by atoms with E-state index in [1.165, 1.54) is 0 Å². The van der Waals surface area contributed by atoms with Gasteiger partial charge in [0.05, 0.1) is 1.37 Å². The van der Waals surface area contributed by atoms with Crippen LogP contribution in [0.1, 0.15) is 25.5 Å². The molecule has 0 aliphatic heterocycles. The lowest BCUT2D eigenvalue weighted by molar-refractivity contribution is -0.138. The van der Waals surface area contributed by atoms with Crippen molar-refractivity contribution >= 4 is 0 Å². The molecule has 1 unspecified atom stereocenters. The molecule has 1 rings (SSSR count). The van der Waals surface area contributed by atoms with Gasteiger partial charge in [-0.3, -0.25) is 9.63 Å². The van der Waals surface area contributed by atoms with E-state index in [4.69, 9.17) is 7.27 Å². The van der Waals surface area contributed by atoms with Gasteiger partial charge in [0.25, 0.3) is 5.56 Å². The molecule has 4 nitrogen and oxygen atoms in total. The van der Waals surface area contributed by atoms with Gasteiger partial charge in [-0.05, 0) is 18.6 Å². The molecule has 0 aromatic carbocycles. The Morgan fingerprint density at radius 3 is 2.73 bits per heavy atom. The number of nitrogens with one attached hydrogen (secondary N) is 1. The van der Waals surface area contributed by atoms with Crippen molar-refractivity contribution in [2.45, 2.75) is 19.2 Å². The fraction of sp³-hybridized carbons (Fsp3) is 0.375. The molecule has 1 aromatic rings. The summed E-state index contributed by atoms with van der Waals surface area (Å²) in [5.74, 6) is 4.77. The molecule has 0 fully saturated rings. The second-order valence-corrected chi connectivity index (χ2v) is 2.80. The third kappa shape index (κ3) is 2.57. The summed E-state index contributed by atoms with van der Waals surface area (Å²) < 4.78 is 44.6. The Labute approximate surface area is 84.2 Å². The van der Waals surface area contributed by atoms with E-state index >= 15 is 0 Å². The zero-order chi connectivity index (χ0) is 12.6. The minimum Gasteiger partial charge on any atom is -0.328 e. The average molecular weight is 223 g/mol. The van der Waals surface area contributed by atoms with Crippen LogP contribution in [0.2, 0.25) is 0 Å². The monoisotopic (exact) mass is 223 g/mol. The van der Waals surface area contributed by atoms with Crippen LogP contribution in [-0.4, -0.2) is 4.98 Å². The van der Waals surface area contributed by atoms with Gasteiger partial charge in [0.1, 0.15) is 11.6 Å². The van der Waals surface area contributed by atoms with Crippen LogP contribution in [-0.2, 0) is 11.0 Å². The summed E-state index contributed by atoms with van der Waals surface area (Å²) in [6.45, 7) is 1.15. The van der Waals surface area contributed by atoms with Gasteiger partial charge in [-0.15, -0.1) is 0 Å². The normalized spacial score (nSPS) is 17.0. The fourth-order valence-electron chi connectivity index (χ4n) is 0.966. The molecule has 0 saturated heterocycles. The Balaban J connectivity index is 3.34. The Kier molecular flexibility index (Phi) is 2.74. The van der Waals surface area contributed by atoms with Gasteiger partial charge in [-0.2, -0.15) is 13.2 Å². The van der Waals surface area contributed by atoms with Gasteiger partial charge in [0, 0.05) is 6.20 Å². The number of pyridine rings is 1. The highest BCUT2D eigenvalue weighted by atomic mass is 19.4. The second kappa shape index (κ2) is 4.03. The summed E-state index contributed by atoms with van der Waals surface area (Å²) in [6.07, 6.45) is -5.68. The molecule has 84 valence electrons. The Hall–Kier alpha value is -1.34. The third-order valence-corrected chi connectivity index (χ3v) is 1.79. The number of aromatic amines is 1. The van der Waals surface area contributed by atoms with E-state index < -0.39 is 23.4 Å². The van der Waals surface area contributed by atoms with Crippen LogP contribution in [0.4, 0.5) is 13.2 Å². The van der Waals surface area contributed by atoms with Crippen LogP contribution in [0.15, 0.2) is 17.1 Å². The highest BCUT2D eigenvalue weighted by Crippen LogP contribution is 2.27. The minimum atomic E-state index is -4.78. The summed E-state index contributed by atoms with van der Waals surface area (Å²) in [7, 11) is 0. The first-order valence-corrected chi connectivity index (χ1v) is 3.87. The van der Waals surface area contributed by atoms with E-state index in [1.54, 1.807) is 0 Å². The van der Waals surface area contributed by atoms with Crippen molar-refractivity contribution in [3.8, 4) is 0 Å². The number of hydrogen-bond acceptors (Lipinski definition) is 3. The van der Waals surface area contributed by atoms with Crippen LogP contribution >= 0.6 is 0 Å². The zero-order valence-electron chi connectivity index (χ0n) is 8.68. The standard InChI is InChI=1S/C8H9F3N2O2/c1-4(15-12)5-2-6(8(9,10)11)7(14)13-3-5/h2-4H,12H2,1H3,(H,13,14)/i4D. The zero-order valence-corrected chi connectivity index (χ0v) is 7.68. The summed E-state index contributed by atoms with van der Waals surface area (Å²) in [6, 6.07) is 0.540. The number of hydrogen-bond donors (Lipinski definition) is 2. The minimum absolute atomic E-state index is 0.193. The average Bonchev–Trinajstić information content (AvgIpc) is 2.16. The number of halogens is 3. The molecule has 0 saturated carbocycles. The molecule has 0 radical (unpaired) electrons. The van der Waals surface area contributed by atoms with E-state index in [-0.39, 0.29) is 5.56 Å². The van der Waals surface area contributed by atoms with E-state index in [9.17, 15) is 18.0 Å². The number of aromatic nitrogens is 1. The molecule has 0 bridgehead atoms. The molecule has 1 atom stereocenters. The SMILES string of the molecule is [2H]C(C)(ON)c1c[nH]c(=O)c(C(F)(F)F)c1. The molecule has 0 spiro atoms. The highest BCUT2D eigenvalue weighted by Gasteiger charge is 2.34. The predicted octanol–water partition coefficient (Wildman–Crippen LogP) is 1.34. The molecule has 0 aliphatic carbocycles. The first kappa shape index (κ1) is 10.2. The van der Waals surface area contributed by atoms with E-state index in [1.807, 2.05) is 4.98 Å². The van der Waals surface area contributed by atoms with Crippen LogP contribution in [0, 0.1) is 0 Å². The van der Waals surface area contributed by atoms with Crippen molar-refractivity contribution in [1.29, 1.82) is 0 Å². The van der Waals surface area contributed by atoms with Crippen LogP contribution in [0.3, 0.4) is 0 Å². The number of rotatable bonds is 2. The van der Waals surface area contributed by atoms with E-state index in [2.05, 4.69) is 4.84 Å². The summed E-state index contributed by atoms with van der Waals surface area (Å²) in [5.41, 5.74) is -2.86. The lowest BCUT2D eigenvalue weighted by Gasteiger charge is -2.11. The van der Waals surface area contributed by atoms with Crippen LogP contribution < -0.4 is 11.5 Å². The largest absolute Gasteiger partial charge is 0.421 e. The third-order valence-electron chi connectivity index (χ3n) is 1.79. The molecule has 0 amide bonds. The summed E-state index contributed by atoms with van der Waals surface area (Å²) >= 11 is 0. The maximum atomic E-state index is 12.4. The van der Waals surface area contributed by atoms with E-state index in [0.29, 0.717) is 6.07 Å². The van der Waals surface area contributed by atoms with Crippen LogP contribution in [0.25, 0.3) is 0 Å². The molecular weight excluding hydrogens is 213 g/mol. The molecule has 1 aromatic heterocycles. The maximum Gasteiger partial charge on any atom is 0.421 e. The van der Waals surface area contributed by atoms with Crippen molar-refractivity contribution in [1.82, 2.24) is 4.98 Å². The predicted molar refractivity (Wildman–Crippen MR) is 45.8 cm³/mol. The Morgan fingerprint density at radius 1 is 1.67 bits per heavy atom. The van der Waals surface area contributed by atoms with Crippen molar-refractivity contribution < 1.29 is 19.4 Å². The van der Waals surface area contributed by atoms with Crippen LogP contribution in [0.5, 0.6) is 0 Å². The first-order chi connectivity index (χ1) is 7.18. The number of H-pyrrole nitrogens is 1. The molecule has 0 aliphatic rings. The molecule has 7 heteroatoms. The Morgan fingerprint density at radius 2 is 2.27 bits per heavy atom. The lowest BCUT2D eigenvalue weighted by atomic mass is 10.1. The van der Waals surface area contributed by atoms with Crippen molar-refractivity contribution in [2.24, 2.45) is 5.90 Å². The van der Waals surface area contributed by atoms with Gasteiger partial charge in [-0.1, -0.05) is 0 Å². The van der Waals surface area contributed by atoms with Gasteiger partial charge in [-0.25, -0.2) is 5.90 Å². The summed E-state index contributed by atoms with van der Waals surface area (Å²) in [4.78, 5) is 17.0. The van der Waals surface area contributed by atoms with Gasteiger partial charge < -0.3 is 4.98 Å². The smallest absolute Gasteiger partial charge is 0.328 e. The van der Waals surface area contributed by atoms with Crippen molar-refractivity contribution in [3.05, 3.63) is 33.7 Å². The molecular formula is C8H9F3N2O2. The van der Waals surface area contributed by atoms with Crippen molar-refractivity contribution in [3.63, 3.8) is 0 Å². The lowest BCUT2D eigenvalue weighted by Crippen LogP contribution is -2.22. The topological polar surface area (TPSA) is 68.1 Å². The number of nitrogens with two attached hydrogens (primary N) is 1. The maximum absolute atomic E-state index is 12.4. The summed E-state index contributed by atoms with van der Waals surface area (Å²) in [5, 5.41) is 0. The molecule has 3 N–H and O–H groups in total. The van der Waals surface area contributed by atoms with Gasteiger partial charge >= 0.3 is 6.18 Å².